The van der Waals surface area contributed by atoms with E-state index in [0.29, 0.717) is 0 Å². The normalized spacial score (nSPS) is 14.1. The topological polar surface area (TPSA) is 26.0 Å². The molecule has 0 aliphatic heterocycles. The molecule has 4 heteroatoms. The van der Waals surface area contributed by atoms with E-state index in [1.54, 1.807) is 0 Å². The molecular weight excluding hydrogens is 191 g/mol. The van der Waals surface area contributed by atoms with Crippen molar-refractivity contribution in [2.45, 2.75) is 25.8 Å². The number of hydrogen-bond donors (Lipinski definition) is 1. The fourth-order valence-corrected chi connectivity index (χ4v) is 1.11. The van der Waals surface area contributed by atoms with Gasteiger partial charge in [0.15, 0.2) is 0 Å². The molecule has 14 heavy (non-hydrogen) atoms. The van der Waals surface area contributed by atoms with Crippen molar-refractivity contribution >= 4 is 0 Å². The van der Waals surface area contributed by atoms with Gasteiger partial charge < -0.3 is 5.73 Å². The number of benzene rings is 1. The van der Waals surface area contributed by atoms with Gasteiger partial charge in [-0.15, -0.1) is 0 Å². The van der Waals surface area contributed by atoms with Crippen LogP contribution in [0.1, 0.15) is 18.1 Å². The molecule has 1 unspecified atom stereocenters. The third-order valence-corrected chi connectivity index (χ3v) is 2.11. The highest BCUT2D eigenvalue weighted by Crippen LogP contribution is 2.31. The van der Waals surface area contributed by atoms with Gasteiger partial charge in [-0.05, 0) is 31.5 Å². The summed E-state index contributed by atoms with van der Waals surface area (Å²) in [6.45, 7) is 2.66. The van der Waals surface area contributed by atoms with Gasteiger partial charge >= 0.3 is 0 Å². The quantitative estimate of drug-likeness (QED) is 0.785. The van der Waals surface area contributed by atoms with Gasteiger partial charge in [0.1, 0.15) is 5.82 Å². The van der Waals surface area contributed by atoms with Crippen molar-refractivity contribution in [1.29, 1.82) is 0 Å². The second-order valence-electron chi connectivity index (χ2n) is 3.38. The van der Waals surface area contributed by atoms with E-state index in [-0.39, 0.29) is 11.1 Å². The molecular formula is C10H12F3N. The van der Waals surface area contributed by atoms with Crippen LogP contribution in [0.15, 0.2) is 18.2 Å². The molecule has 0 heterocycles. The Morgan fingerprint density at radius 1 is 1.36 bits per heavy atom. The fourth-order valence-electron chi connectivity index (χ4n) is 1.11. The number of rotatable bonds is 2. The zero-order valence-electron chi connectivity index (χ0n) is 8.02. The number of nitrogens with two attached hydrogens (primary N) is 1. The molecule has 0 saturated carbocycles. The van der Waals surface area contributed by atoms with Crippen molar-refractivity contribution in [2.24, 2.45) is 5.73 Å². The predicted molar refractivity (Wildman–Crippen MR) is 48.7 cm³/mol. The zero-order valence-corrected chi connectivity index (χ0v) is 8.02. The van der Waals surface area contributed by atoms with E-state index in [1.807, 2.05) is 0 Å². The van der Waals surface area contributed by atoms with Gasteiger partial charge in [0, 0.05) is 5.56 Å². The van der Waals surface area contributed by atoms with E-state index in [4.69, 9.17) is 5.73 Å². The summed E-state index contributed by atoms with van der Waals surface area (Å²) in [6.07, 6.45) is 0. The molecule has 0 aliphatic carbocycles. The van der Waals surface area contributed by atoms with Crippen LogP contribution in [0.4, 0.5) is 13.2 Å². The Bertz CT molecular complexity index is 334. The summed E-state index contributed by atoms with van der Waals surface area (Å²) in [7, 11) is 0. The molecule has 1 nitrogen and oxygen atoms in total. The average Bonchev–Trinajstić information content (AvgIpc) is 2.09. The second kappa shape index (κ2) is 3.61. The predicted octanol–water partition coefficient (Wildman–Crippen LogP) is 2.57. The van der Waals surface area contributed by atoms with Gasteiger partial charge in [0.2, 0.25) is 0 Å². The van der Waals surface area contributed by atoms with Gasteiger partial charge in [0.25, 0.3) is 5.92 Å². The first kappa shape index (κ1) is 11.0. The Balaban J connectivity index is 3.14. The number of halogens is 3. The summed E-state index contributed by atoms with van der Waals surface area (Å²) in [4.78, 5) is 0. The lowest BCUT2D eigenvalue weighted by molar-refractivity contribution is -0.0257. The first-order valence-electron chi connectivity index (χ1n) is 4.25. The molecule has 0 fully saturated rings. The van der Waals surface area contributed by atoms with Crippen molar-refractivity contribution in [2.75, 3.05) is 0 Å². The average molecular weight is 203 g/mol. The van der Waals surface area contributed by atoms with Crippen molar-refractivity contribution in [1.82, 2.24) is 0 Å². The van der Waals surface area contributed by atoms with E-state index in [2.05, 4.69) is 0 Å². The van der Waals surface area contributed by atoms with Crippen LogP contribution in [0.2, 0.25) is 0 Å². The maximum Gasteiger partial charge on any atom is 0.287 e. The summed E-state index contributed by atoms with van der Waals surface area (Å²) >= 11 is 0. The molecule has 0 spiro atoms. The summed E-state index contributed by atoms with van der Waals surface area (Å²) in [5.41, 5.74) is 5.10. The molecule has 78 valence electrons. The van der Waals surface area contributed by atoms with Crippen molar-refractivity contribution in [3.05, 3.63) is 35.1 Å². The Morgan fingerprint density at radius 2 is 1.93 bits per heavy atom. The Hall–Kier alpha value is -1.03. The molecule has 1 atom stereocenters. The SMILES string of the molecule is Cc1cc(C(F)(F)C(C)N)ccc1F. The Morgan fingerprint density at radius 3 is 2.36 bits per heavy atom. The largest absolute Gasteiger partial charge is 0.323 e. The van der Waals surface area contributed by atoms with Gasteiger partial charge in [-0.1, -0.05) is 6.07 Å². The van der Waals surface area contributed by atoms with Crippen LogP contribution in [0.5, 0.6) is 0 Å². The third-order valence-electron chi connectivity index (χ3n) is 2.11. The Labute approximate surface area is 80.7 Å². The third kappa shape index (κ3) is 1.90. The standard InChI is InChI=1S/C10H12F3N/c1-6-5-8(3-4-9(6)11)10(12,13)7(2)14/h3-5,7H,14H2,1-2H3. The molecule has 0 radical (unpaired) electrons. The van der Waals surface area contributed by atoms with Gasteiger partial charge in [-0.2, -0.15) is 8.78 Å². The number of alkyl halides is 2. The van der Waals surface area contributed by atoms with Crippen LogP contribution in [0.3, 0.4) is 0 Å². The lowest BCUT2D eigenvalue weighted by atomic mass is 10.0. The maximum absolute atomic E-state index is 13.3. The lowest BCUT2D eigenvalue weighted by Crippen LogP contribution is -2.35. The number of hydrogen-bond acceptors (Lipinski definition) is 1. The van der Waals surface area contributed by atoms with Gasteiger partial charge in [-0.3, -0.25) is 0 Å². The highest BCUT2D eigenvalue weighted by Gasteiger charge is 2.36. The molecule has 0 bridgehead atoms. The molecule has 1 aromatic carbocycles. The van der Waals surface area contributed by atoms with Crippen LogP contribution >= 0.6 is 0 Å². The summed E-state index contributed by atoms with van der Waals surface area (Å²) in [5, 5.41) is 0. The van der Waals surface area contributed by atoms with Crippen molar-refractivity contribution < 1.29 is 13.2 Å². The molecule has 0 aromatic heterocycles. The van der Waals surface area contributed by atoms with Crippen LogP contribution in [0, 0.1) is 12.7 Å². The zero-order chi connectivity index (χ0) is 10.9. The number of aryl methyl sites for hydroxylation is 1. The highest BCUT2D eigenvalue weighted by molar-refractivity contribution is 5.28. The fraction of sp³-hybridized carbons (Fsp3) is 0.400. The van der Waals surface area contributed by atoms with E-state index < -0.39 is 17.8 Å². The first-order valence-corrected chi connectivity index (χ1v) is 4.25. The van der Waals surface area contributed by atoms with Crippen LogP contribution < -0.4 is 5.73 Å². The van der Waals surface area contributed by atoms with Gasteiger partial charge in [-0.25, -0.2) is 4.39 Å². The van der Waals surface area contributed by atoms with Crippen molar-refractivity contribution in [3.63, 3.8) is 0 Å². The highest BCUT2D eigenvalue weighted by atomic mass is 19.3. The minimum atomic E-state index is -3.11. The lowest BCUT2D eigenvalue weighted by Gasteiger charge is -2.20. The molecule has 1 rings (SSSR count). The van der Waals surface area contributed by atoms with E-state index in [0.717, 1.165) is 18.2 Å². The molecule has 2 N–H and O–H groups in total. The maximum atomic E-state index is 13.3. The Kier molecular flexibility index (Phi) is 2.85. The summed E-state index contributed by atoms with van der Waals surface area (Å²) in [6, 6.07) is 1.93. The first-order chi connectivity index (χ1) is 6.35. The molecule has 0 saturated heterocycles. The van der Waals surface area contributed by atoms with Crippen molar-refractivity contribution in [3.8, 4) is 0 Å². The summed E-state index contributed by atoms with van der Waals surface area (Å²) in [5.74, 6) is -3.60. The van der Waals surface area contributed by atoms with Crippen LogP contribution in [0.25, 0.3) is 0 Å². The minimum absolute atomic E-state index is 0.197. The van der Waals surface area contributed by atoms with Gasteiger partial charge in [0.05, 0.1) is 6.04 Å². The van der Waals surface area contributed by atoms with E-state index in [9.17, 15) is 13.2 Å². The molecule has 1 aromatic rings. The molecule has 0 aliphatic rings. The monoisotopic (exact) mass is 203 g/mol. The van der Waals surface area contributed by atoms with Crippen LogP contribution in [-0.2, 0) is 5.92 Å². The smallest absolute Gasteiger partial charge is 0.287 e. The van der Waals surface area contributed by atoms with Crippen LogP contribution in [-0.4, -0.2) is 6.04 Å². The second-order valence-corrected chi connectivity index (χ2v) is 3.38. The van der Waals surface area contributed by atoms with E-state index in [1.165, 1.54) is 13.8 Å². The summed E-state index contributed by atoms with van der Waals surface area (Å²) < 4.78 is 39.5. The molecule has 0 amide bonds. The van der Waals surface area contributed by atoms with E-state index >= 15 is 0 Å². The minimum Gasteiger partial charge on any atom is -0.323 e.